The van der Waals surface area contributed by atoms with E-state index >= 15 is 4.39 Å². The van der Waals surface area contributed by atoms with Crippen LogP contribution < -0.4 is 16.4 Å². The number of piperidine rings is 1. The van der Waals surface area contributed by atoms with Crippen molar-refractivity contribution in [3.63, 3.8) is 0 Å². The number of rotatable bonds is 6. The Balaban J connectivity index is 1.71. The Morgan fingerprint density at radius 2 is 1.94 bits per heavy atom. The summed E-state index contributed by atoms with van der Waals surface area (Å²) in [5, 5.41) is 14.9. The van der Waals surface area contributed by atoms with E-state index in [1.807, 2.05) is 4.90 Å². The maximum absolute atomic E-state index is 15.3. The quantitative estimate of drug-likeness (QED) is 0.437. The number of hydrogen-bond acceptors (Lipinski definition) is 7. The first-order valence-electron chi connectivity index (χ1n) is 11.0. The lowest BCUT2D eigenvalue weighted by atomic mass is 9.98. The zero-order valence-electron chi connectivity index (χ0n) is 19.3. The Hall–Kier alpha value is -3.44. The molecule has 1 fully saturated rings. The summed E-state index contributed by atoms with van der Waals surface area (Å²) < 4.78 is 21.9. The van der Waals surface area contributed by atoms with Crippen molar-refractivity contribution < 1.29 is 23.8 Å². The third kappa shape index (κ3) is 5.30. The number of aromatic nitrogens is 3. The number of anilines is 1. The lowest BCUT2D eigenvalue weighted by Gasteiger charge is -2.32. The fourth-order valence-electron chi connectivity index (χ4n) is 4.27. The smallest absolute Gasteiger partial charge is 0.404 e. The SMILES string of the molecule is CC(C)(O)Cn1ncc2cc(-c3c(C(N)=O)cc(N4CCC(OC(N)=O)CC4)nc3Cl)c(F)cc21. The first-order chi connectivity index (χ1) is 16.4. The van der Waals surface area contributed by atoms with Crippen LogP contribution in [0.3, 0.4) is 0 Å². The Morgan fingerprint density at radius 3 is 2.54 bits per heavy atom. The number of primary amides is 2. The molecule has 10 nitrogen and oxygen atoms in total. The molecule has 5 N–H and O–H groups in total. The molecular formula is C23H26ClFN6O4. The molecule has 1 aromatic carbocycles. The summed E-state index contributed by atoms with van der Waals surface area (Å²) in [7, 11) is 0. The van der Waals surface area contributed by atoms with Gasteiger partial charge < -0.3 is 26.2 Å². The Bertz CT molecular complexity index is 1300. The average Bonchev–Trinajstić information content (AvgIpc) is 3.12. The van der Waals surface area contributed by atoms with Crippen LogP contribution in [0.4, 0.5) is 15.0 Å². The number of amides is 2. The highest BCUT2D eigenvalue weighted by Gasteiger charge is 2.26. The van der Waals surface area contributed by atoms with Gasteiger partial charge in [0.1, 0.15) is 22.9 Å². The molecule has 12 heteroatoms. The first kappa shape index (κ1) is 24.7. The van der Waals surface area contributed by atoms with Gasteiger partial charge in [0.2, 0.25) is 5.91 Å². The summed E-state index contributed by atoms with van der Waals surface area (Å²) in [6, 6.07) is 4.29. The first-order valence-corrected chi connectivity index (χ1v) is 11.4. The Labute approximate surface area is 205 Å². The third-order valence-corrected chi connectivity index (χ3v) is 6.09. The van der Waals surface area contributed by atoms with Gasteiger partial charge in [-0.05, 0) is 26.0 Å². The molecule has 1 aliphatic rings. The lowest BCUT2D eigenvalue weighted by Crippen LogP contribution is -2.39. The van der Waals surface area contributed by atoms with Crippen LogP contribution in [0.25, 0.3) is 22.0 Å². The van der Waals surface area contributed by atoms with Gasteiger partial charge in [-0.15, -0.1) is 0 Å². The minimum atomic E-state index is -1.04. The summed E-state index contributed by atoms with van der Waals surface area (Å²) in [6.07, 6.45) is 1.47. The molecule has 186 valence electrons. The molecule has 0 aliphatic carbocycles. The number of nitrogens with two attached hydrogens (primary N) is 2. The normalized spacial score (nSPS) is 14.9. The maximum atomic E-state index is 15.3. The minimum absolute atomic E-state index is 0.0256. The van der Waals surface area contributed by atoms with E-state index < -0.39 is 23.4 Å². The number of carbonyl (C=O) groups is 2. The van der Waals surface area contributed by atoms with Crippen molar-refractivity contribution in [2.75, 3.05) is 18.0 Å². The van der Waals surface area contributed by atoms with Gasteiger partial charge in [0, 0.05) is 48.5 Å². The van der Waals surface area contributed by atoms with Gasteiger partial charge in [-0.25, -0.2) is 14.2 Å². The van der Waals surface area contributed by atoms with E-state index in [4.69, 9.17) is 27.8 Å². The van der Waals surface area contributed by atoms with E-state index in [9.17, 15) is 14.7 Å². The highest BCUT2D eigenvalue weighted by atomic mass is 35.5. The van der Waals surface area contributed by atoms with Crippen LogP contribution in [-0.4, -0.2) is 56.7 Å². The topological polar surface area (TPSA) is 150 Å². The number of aliphatic hydroxyl groups is 1. The summed E-state index contributed by atoms with van der Waals surface area (Å²) in [5.74, 6) is -1.02. The second kappa shape index (κ2) is 9.31. The van der Waals surface area contributed by atoms with Crippen molar-refractivity contribution in [2.45, 2.75) is 44.9 Å². The van der Waals surface area contributed by atoms with Crippen LogP contribution in [0.15, 0.2) is 24.4 Å². The molecule has 0 unspecified atom stereocenters. The molecule has 1 saturated heterocycles. The van der Waals surface area contributed by atoms with Gasteiger partial charge in [-0.1, -0.05) is 11.6 Å². The zero-order valence-corrected chi connectivity index (χ0v) is 20.0. The van der Waals surface area contributed by atoms with Crippen LogP contribution >= 0.6 is 11.6 Å². The molecule has 1 aliphatic heterocycles. The Morgan fingerprint density at radius 1 is 1.26 bits per heavy atom. The molecule has 4 rings (SSSR count). The second-order valence-corrected chi connectivity index (χ2v) is 9.54. The summed E-state index contributed by atoms with van der Waals surface area (Å²) in [5.41, 5.74) is 10.3. The number of halogens is 2. The monoisotopic (exact) mass is 504 g/mol. The molecule has 2 amide bonds. The number of benzene rings is 1. The third-order valence-electron chi connectivity index (χ3n) is 5.81. The molecule has 0 atom stereocenters. The fourth-order valence-corrected chi connectivity index (χ4v) is 4.56. The summed E-state index contributed by atoms with van der Waals surface area (Å²) >= 11 is 6.49. The van der Waals surface area contributed by atoms with E-state index in [1.165, 1.54) is 22.9 Å². The van der Waals surface area contributed by atoms with Gasteiger partial charge in [0.25, 0.3) is 0 Å². The van der Waals surface area contributed by atoms with Crippen molar-refractivity contribution in [1.29, 1.82) is 0 Å². The van der Waals surface area contributed by atoms with Crippen molar-refractivity contribution in [3.05, 3.63) is 40.9 Å². The highest BCUT2D eigenvalue weighted by molar-refractivity contribution is 6.33. The predicted octanol–water partition coefficient (Wildman–Crippen LogP) is 2.82. The van der Waals surface area contributed by atoms with Crippen molar-refractivity contribution >= 4 is 40.3 Å². The van der Waals surface area contributed by atoms with E-state index in [1.54, 1.807) is 20.0 Å². The van der Waals surface area contributed by atoms with Crippen LogP contribution in [0.5, 0.6) is 0 Å². The van der Waals surface area contributed by atoms with E-state index in [0.29, 0.717) is 42.7 Å². The average molecular weight is 505 g/mol. The lowest BCUT2D eigenvalue weighted by molar-refractivity contribution is 0.0591. The summed E-state index contributed by atoms with van der Waals surface area (Å²) in [4.78, 5) is 29.6. The van der Waals surface area contributed by atoms with Crippen molar-refractivity contribution in [2.24, 2.45) is 11.5 Å². The number of pyridine rings is 1. The van der Waals surface area contributed by atoms with Gasteiger partial charge in [0.05, 0.1) is 29.4 Å². The van der Waals surface area contributed by atoms with Crippen LogP contribution in [0.2, 0.25) is 5.15 Å². The maximum Gasteiger partial charge on any atom is 0.404 e. The second-order valence-electron chi connectivity index (χ2n) is 9.19. The molecule has 35 heavy (non-hydrogen) atoms. The fraction of sp³-hybridized carbons (Fsp3) is 0.391. The zero-order chi connectivity index (χ0) is 25.5. The molecule has 0 radical (unpaired) electrons. The molecule has 0 saturated carbocycles. The number of nitrogens with zero attached hydrogens (tertiary/aromatic N) is 4. The van der Waals surface area contributed by atoms with Gasteiger partial charge in [-0.3, -0.25) is 9.48 Å². The highest BCUT2D eigenvalue weighted by Crippen LogP contribution is 2.37. The molecule has 3 heterocycles. The number of hydrogen-bond donors (Lipinski definition) is 3. The molecular weight excluding hydrogens is 479 g/mol. The van der Waals surface area contributed by atoms with Crippen molar-refractivity contribution in [1.82, 2.24) is 14.8 Å². The largest absolute Gasteiger partial charge is 0.446 e. The van der Waals surface area contributed by atoms with Crippen LogP contribution in [0, 0.1) is 5.82 Å². The number of fused-ring (bicyclic) bond motifs is 1. The summed E-state index contributed by atoms with van der Waals surface area (Å²) in [6.45, 7) is 4.40. The van der Waals surface area contributed by atoms with Gasteiger partial charge in [0.15, 0.2) is 0 Å². The molecule has 2 aromatic heterocycles. The molecule has 0 spiro atoms. The van der Waals surface area contributed by atoms with E-state index in [2.05, 4.69) is 10.1 Å². The Kier molecular flexibility index (Phi) is 6.56. The predicted molar refractivity (Wildman–Crippen MR) is 129 cm³/mol. The molecule has 0 bridgehead atoms. The van der Waals surface area contributed by atoms with Crippen LogP contribution in [0.1, 0.15) is 37.0 Å². The number of carbonyl (C=O) groups excluding carboxylic acids is 2. The van der Waals surface area contributed by atoms with Gasteiger partial charge >= 0.3 is 6.09 Å². The van der Waals surface area contributed by atoms with E-state index in [-0.39, 0.29) is 34.5 Å². The van der Waals surface area contributed by atoms with E-state index in [0.717, 1.165) is 0 Å². The minimum Gasteiger partial charge on any atom is -0.446 e. The van der Waals surface area contributed by atoms with Crippen LogP contribution in [-0.2, 0) is 11.3 Å². The van der Waals surface area contributed by atoms with Crippen molar-refractivity contribution in [3.8, 4) is 11.1 Å². The standard InChI is InChI=1S/C23H26ClFN6O4/c1-23(2,34)11-31-17-9-16(25)14(7-12(17)10-28-31)19-15(21(26)32)8-18(29-20(19)24)30-5-3-13(4-6-30)35-22(27)33/h7-10,13,34H,3-6,11H2,1-2H3,(H2,26,32)(H2,27,33). The van der Waals surface area contributed by atoms with Gasteiger partial charge in [-0.2, -0.15) is 5.10 Å². The number of ether oxygens (including phenoxy) is 1. The molecule has 3 aromatic rings.